The van der Waals surface area contributed by atoms with Gasteiger partial charge in [-0.25, -0.2) is 4.79 Å². The van der Waals surface area contributed by atoms with Crippen LogP contribution in [0, 0.1) is 0 Å². The number of carbonyl (C=O) groups excluding carboxylic acids is 1. The van der Waals surface area contributed by atoms with Gasteiger partial charge in [0.2, 0.25) is 0 Å². The van der Waals surface area contributed by atoms with Gasteiger partial charge in [0, 0.05) is 11.8 Å². The Morgan fingerprint density at radius 2 is 2.28 bits per heavy atom. The van der Waals surface area contributed by atoms with Crippen LogP contribution in [0.1, 0.15) is 23.1 Å². The number of hydrogen-bond acceptors (Lipinski definition) is 5. The number of aliphatic carboxylic acids is 1. The fourth-order valence-electron chi connectivity index (χ4n) is 1.48. The monoisotopic (exact) mass is 266 g/mol. The molecule has 0 saturated carbocycles. The molecule has 18 heavy (non-hydrogen) atoms. The Bertz CT molecular complexity index is 539. The van der Waals surface area contributed by atoms with Crippen molar-refractivity contribution in [3.8, 4) is 0 Å². The number of aliphatic hydroxyl groups excluding tert-OH is 1. The highest BCUT2D eigenvalue weighted by atomic mass is 32.2. The van der Waals surface area contributed by atoms with E-state index < -0.39 is 17.5 Å². The van der Waals surface area contributed by atoms with E-state index in [1.807, 2.05) is 11.5 Å². The van der Waals surface area contributed by atoms with Gasteiger partial charge in [0.05, 0.1) is 5.25 Å². The lowest BCUT2D eigenvalue weighted by Gasteiger charge is -2.02. The number of carboxylic acid groups (broad SMARTS) is 1. The number of nitrogens with one attached hydrogen (secondary N) is 1. The zero-order chi connectivity index (χ0) is 13.1. The summed E-state index contributed by atoms with van der Waals surface area (Å²) in [5.41, 5.74) is 0.981. The number of thioether (sulfide) groups is 1. The van der Waals surface area contributed by atoms with Crippen LogP contribution in [0.15, 0.2) is 23.6 Å². The first-order chi connectivity index (χ1) is 8.58. The first-order valence-electron chi connectivity index (χ1n) is 5.12. The molecule has 2 heterocycles. The summed E-state index contributed by atoms with van der Waals surface area (Å²) in [7, 11) is 0. The molecule has 7 heteroatoms. The van der Waals surface area contributed by atoms with Gasteiger partial charge in [0.25, 0.3) is 5.78 Å². The summed E-state index contributed by atoms with van der Waals surface area (Å²) in [6, 6.07) is 1.60. The summed E-state index contributed by atoms with van der Waals surface area (Å²) in [6.07, 6.45) is 3.53. The SMILES string of the molecule is O=C(O)C(=O)C=C(O)c1cc(C2CC=CS2)[nH]n1. The van der Waals surface area contributed by atoms with Crippen LogP contribution in [0.25, 0.3) is 5.76 Å². The second-order valence-electron chi connectivity index (χ2n) is 3.64. The summed E-state index contributed by atoms with van der Waals surface area (Å²) >= 11 is 1.63. The van der Waals surface area contributed by atoms with Crippen LogP contribution in [0.5, 0.6) is 0 Å². The number of carbonyl (C=O) groups is 2. The summed E-state index contributed by atoms with van der Waals surface area (Å²) in [4.78, 5) is 21.2. The fraction of sp³-hybridized carbons (Fsp3) is 0.182. The Balaban J connectivity index is 2.14. The topological polar surface area (TPSA) is 103 Å². The molecule has 0 aliphatic carbocycles. The zero-order valence-electron chi connectivity index (χ0n) is 9.16. The minimum absolute atomic E-state index is 0.159. The second kappa shape index (κ2) is 5.09. The number of aliphatic hydroxyl groups is 1. The van der Waals surface area contributed by atoms with Gasteiger partial charge in [0.1, 0.15) is 11.5 Å². The van der Waals surface area contributed by atoms with Crippen molar-refractivity contribution in [1.82, 2.24) is 10.2 Å². The van der Waals surface area contributed by atoms with E-state index in [1.54, 1.807) is 17.8 Å². The Kier molecular flexibility index (Phi) is 3.52. The molecule has 1 atom stereocenters. The van der Waals surface area contributed by atoms with Crippen molar-refractivity contribution in [1.29, 1.82) is 0 Å². The molecule has 6 nitrogen and oxygen atoms in total. The number of aromatic nitrogens is 2. The lowest BCUT2D eigenvalue weighted by Crippen LogP contribution is -2.09. The second-order valence-corrected chi connectivity index (χ2v) is 4.75. The van der Waals surface area contributed by atoms with E-state index in [0.29, 0.717) is 6.08 Å². The van der Waals surface area contributed by atoms with Crippen LogP contribution in [-0.4, -0.2) is 32.2 Å². The lowest BCUT2D eigenvalue weighted by atomic mass is 10.2. The van der Waals surface area contributed by atoms with E-state index in [0.717, 1.165) is 12.1 Å². The molecule has 1 aliphatic rings. The third kappa shape index (κ3) is 2.62. The number of hydrogen-bond donors (Lipinski definition) is 3. The highest BCUT2D eigenvalue weighted by Gasteiger charge is 2.18. The molecular weight excluding hydrogens is 256 g/mol. The quantitative estimate of drug-likeness (QED) is 0.435. The maximum absolute atomic E-state index is 10.9. The van der Waals surface area contributed by atoms with Crippen molar-refractivity contribution in [3.05, 3.63) is 35.0 Å². The molecule has 0 spiro atoms. The van der Waals surface area contributed by atoms with Gasteiger partial charge < -0.3 is 10.2 Å². The molecule has 0 amide bonds. The first kappa shape index (κ1) is 12.4. The molecule has 0 saturated heterocycles. The fourth-order valence-corrected chi connectivity index (χ4v) is 2.38. The van der Waals surface area contributed by atoms with Gasteiger partial charge in [-0.3, -0.25) is 9.89 Å². The molecule has 0 bridgehead atoms. The molecule has 2 rings (SSSR count). The van der Waals surface area contributed by atoms with E-state index in [1.165, 1.54) is 0 Å². The van der Waals surface area contributed by atoms with Crippen molar-refractivity contribution in [2.75, 3.05) is 0 Å². The first-order valence-corrected chi connectivity index (χ1v) is 6.06. The minimum Gasteiger partial charge on any atom is -0.505 e. The van der Waals surface area contributed by atoms with E-state index in [2.05, 4.69) is 10.2 Å². The molecule has 1 aromatic heterocycles. The molecule has 1 aromatic rings. The van der Waals surface area contributed by atoms with Gasteiger partial charge in [-0.1, -0.05) is 6.08 Å². The van der Waals surface area contributed by atoms with Gasteiger partial charge in [-0.05, 0) is 17.9 Å². The third-order valence-corrected chi connectivity index (χ3v) is 3.50. The molecule has 0 fully saturated rings. The van der Waals surface area contributed by atoms with E-state index in [4.69, 9.17) is 5.11 Å². The average molecular weight is 266 g/mol. The number of rotatable bonds is 4. The van der Waals surface area contributed by atoms with Crippen LogP contribution < -0.4 is 0 Å². The van der Waals surface area contributed by atoms with Crippen molar-refractivity contribution in [3.63, 3.8) is 0 Å². The molecular formula is C11H10N2O4S. The van der Waals surface area contributed by atoms with Gasteiger partial charge in [-0.2, -0.15) is 5.10 Å². The Hall–Kier alpha value is -2.02. The van der Waals surface area contributed by atoms with E-state index >= 15 is 0 Å². The van der Waals surface area contributed by atoms with Crippen molar-refractivity contribution < 1.29 is 19.8 Å². The minimum atomic E-state index is -1.62. The molecule has 94 valence electrons. The maximum atomic E-state index is 10.9. The summed E-state index contributed by atoms with van der Waals surface area (Å²) in [5.74, 6) is -3.26. The Morgan fingerprint density at radius 1 is 1.50 bits per heavy atom. The smallest absolute Gasteiger partial charge is 0.376 e. The normalized spacial score (nSPS) is 19.1. The average Bonchev–Trinajstić information content (AvgIpc) is 2.99. The molecule has 1 aliphatic heterocycles. The van der Waals surface area contributed by atoms with Crippen molar-refractivity contribution in [2.45, 2.75) is 11.7 Å². The third-order valence-electron chi connectivity index (χ3n) is 2.37. The number of allylic oxidation sites excluding steroid dienone is 1. The largest absolute Gasteiger partial charge is 0.505 e. The van der Waals surface area contributed by atoms with Crippen LogP contribution in [-0.2, 0) is 9.59 Å². The summed E-state index contributed by atoms with van der Waals surface area (Å²) in [5, 5.41) is 26.8. The summed E-state index contributed by atoms with van der Waals surface area (Å²) in [6.45, 7) is 0. The summed E-state index contributed by atoms with van der Waals surface area (Å²) < 4.78 is 0. The molecule has 0 radical (unpaired) electrons. The van der Waals surface area contributed by atoms with Crippen LogP contribution in [0.2, 0.25) is 0 Å². The van der Waals surface area contributed by atoms with Gasteiger partial charge >= 0.3 is 5.97 Å². The maximum Gasteiger partial charge on any atom is 0.376 e. The van der Waals surface area contributed by atoms with Crippen LogP contribution in [0.3, 0.4) is 0 Å². The predicted molar refractivity (Wildman–Crippen MR) is 65.9 cm³/mol. The number of ketones is 1. The highest BCUT2D eigenvalue weighted by molar-refractivity contribution is 8.02. The molecule has 0 aromatic carbocycles. The van der Waals surface area contributed by atoms with Crippen LogP contribution in [0.4, 0.5) is 0 Å². The van der Waals surface area contributed by atoms with Crippen molar-refractivity contribution >= 4 is 29.3 Å². The van der Waals surface area contributed by atoms with E-state index in [-0.39, 0.29) is 10.9 Å². The number of carboxylic acids is 1. The van der Waals surface area contributed by atoms with Crippen molar-refractivity contribution in [2.24, 2.45) is 0 Å². The number of aromatic amines is 1. The lowest BCUT2D eigenvalue weighted by molar-refractivity contribution is -0.146. The highest BCUT2D eigenvalue weighted by Crippen LogP contribution is 2.37. The van der Waals surface area contributed by atoms with E-state index in [9.17, 15) is 14.7 Å². The van der Waals surface area contributed by atoms with Gasteiger partial charge in [0.15, 0.2) is 0 Å². The predicted octanol–water partition coefficient (Wildman–Crippen LogP) is 1.65. The molecule has 3 N–H and O–H groups in total. The number of H-pyrrole nitrogens is 1. The number of nitrogens with zero attached hydrogens (tertiary/aromatic N) is 1. The van der Waals surface area contributed by atoms with Crippen LogP contribution >= 0.6 is 11.8 Å². The Morgan fingerprint density at radius 3 is 2.89 bits per heavy atom. The standard InChI is InChI=1S/C11H10N2O4S/c14-8(5-9(15)11(16)17)6-4-7(13-12-6)10-2-1-3-18-10/h1,3-5,10,14H,2H2,(H,12,13)(H,16,17). The molecule has 1 unspecified atom stereocenters. The zero-order valence-corrected chi connectivity index (χ0v) is 9.98. The Labute approximate surface area is 106 Å². The van der Waals surface area contributed by atoms with Gasteiger partial charge in [-0.15, -0.1) is 11.8 Å².